The summed E-state index contributed by atoms with van der Waals surface area (Å²) in [6.07, 6.45) is 0.709. The van der Waals surface area contributed by atoms with Gasteiger partial charge in [0.2, 0.25) is 0 Å². The van der Waals surface area contributed by atoms with Crippen molar-refractivity contribution in [3.63, 3.8) is 0 Å². The summed E-state index contributed by atoms with van der Waals surface area (Å²) in [5.74, 6) is 0.192. The van der Waals surface area contributed by atoms with Gasteiger partial charge in [-0.05, 0) is 30.2 Å². The van der Waals surface area contributed by atoms with Crippen LogP contribution in [0.1, 0.15) is 21.5 Å². The maximum absolute atomic E-state index is 11.8. The molecule has 4 heteroatoms. The molecule has 0 saturated heterocycles. The molecule has 108 valence electrons. The lowest BCUT2D eigenvalue weighted by atomic mass is 10.1. The van der Waals surface area contributed by atoms with E-state index >= 15 is 0 Å². The second kappa shape index (κ2) is 7.24. The molecule has 0 fully saturated rings. The smallest absolute Gasteiger partial charge is 0.258 e. The summed E-state index contributed by atoms with van der Waals surface area (Å²) in [5.41, 5.74) is 2.63. The van der Waals surface area contributed by atoms with Gasteiger partial charge >= 0.3 is 0 Å². The standard InChI is InChI=1S/C17H17NO3/c1-13-6-2-3-7-14(13)10-18-17(20)12-21-16-9-5-4-8-15(16)11-19/h2-9,11H,10,12H2,1H3,(H,18,20). The molecule has 0 bridgehead atoms. The van der Waals surface area contributed by atoms with Crippen LogP contribution in [0.2, 0.25) is 0 Å². The number of hydrogen-bond acceptors (Lipinski definition) is 3. The van der Waals surface area contributed by atoms with Crippen molar-refractivity contribution in [1.82, 2.24) is 5.32 Å². The number of carbonyl (C=O) groups is 2. The van der Waals surface area contributed by atoms with E-state index in [1.807, 2.05) is 31.2 Å². The monoisotopic (exact) mass is 283 g/mol. The fourth-order valence-corrected chi connectivity index (χ4v) is 1.91. The number of nitrogens with one attached hydrogen (secondary N) is 1. The number of para-hydroxylation sites is 1. The van der Waals surface area contributed by atoms with Crippen molar-refractivity contribution in [2.45, 2.75) is 13.5 Å². The maximum Gasteiger partial charge on any atom is 0.258 e. The van der Waals surface area contributed by atoms with Crippen LogP contribution in [0.5, 0.6) is 5.75 Å². The predicted octanol–water partition coefficient (Wildman–Crippen LogP) is 2.50. The van der Waals surface area contributed by atoms with Gasteiger partial charge in [-0.15, -0.1) is 0 Å². The molecule has 0 atom stereocenters. The molecular weight excluding hydrogens is 266 g/mol. The van der Waals surface area contributed by atoms with Crippen molar-refractivity contribution >= 4 is 12.2 Å². The highest BCUT2D eigenvalue weighted by Gasteiger charge is 2.06. The van der Waals surface area contributed by atoms with Crippen LogP contribution in [0.25, 0.3) is 0 Å². The first-order chi connectivity index (χ1) is 10.2. The number of carbonyl (C=O) groups excluding carboxylic acids is 2. The number of rotatable bonds is 6. The highest BCUT2D eigenvalue weighted by atomic mass is 16.5. The van der Waals surface area contributed by atoms with Crippen molar-refractivity contribution < 1.29 is 14.3 Å². The van der Waals surface area contributed by atoms with Crippen LogP contribution in [-0.2, 0) is 11.3 Å². The summed E-state index contributed by atoms with van der Waals surface area (Å²) in [5, 5.41) is 2.80. The van der Waals surface area contributed by atoms with Crippen LogP contribution >= 0.6 is 0 Å². The summed E-state index contributed by atoms with van der Waals surface area (Å²) in [7, 11) is 0. The van der Waals surface area contributed by atoms with E-state index in [1.165, 1.54) is 0 Å². The Kier molecular flexibility index (Phi) is 5.10. The molecule has 0 aliphatic carbocycles. The zero-order chi connectivity index (χ0) is 15.1. The second-order valence-electron chi connectivity index (χ2n) is 4.65. The molecule has 2 rings (SSSR count). The fourth-order valence-electron chi connectivity index (χ4n) is 1.91. The Hall–Kier alpha value is -2.62. The van der Waals surface area contributed by atoms with E-state index in [2.05, 4.69) is 5.32 Å². The van der Waals surface area contributed by atoms with E-state index in [4.69, 9.17) is 4.74 Å². The number of aldehydes is 1. The molecule has 0 aromatic heterocycles. The fraction of sp³-hybridized carbons (Fsp3) is 0.176. The highest BCUT2D eigenvalue weighted by molar-refractivity contribution is 5.80. The number of amides is 1. The number of hydrogen-bond donors (Lipinski definition) is 1. The van der Waals surface area contributed by atoms with Gasteiger partial charge in [0.05, 0.1) is 5.56 Å². The lowest BCUT2D eigenvalue weighted by molar-refractivity contribution is -0.123. The van der Waals surface area contributed by atoms with E-state index in [1.54, 1.807) is 24.3 Å². The number of aryl methyl sites for hydroxylation is 1. The molecule has 0 unspecified atom stereocenters. The molecule has 0 aliphatic rings. The summed E-state index contributed by atoms with van der Waals surface area (Å²) in [6.45, 7) is 2.35. The Labute approximate surface area is 123 Å². The molecule has 0 saturated carbocycles. The number of benzene rings is 2. The lowest BCUT2D eigenvalue weighted by Crippen LogP contribution is -2.28. The third-order valence-corrected chi connectivity index (χ3v) is 3.14. The maximum atomic E-state index is 11.8. The minimum absolute atomic E-state index is 0.114. The SMILES string of the molecule is Cc1ccccc1CNC(=O)COc1ccccc1C=O. The molecule has 21 heavy (non-hydrogen) atoms. The van der Waals surface area contributed by atoms with Crippen molar-refractivity contribution in [3.8, 4) is 5.75 Å². The molecule has 1 N–H and O–H groups in total. The van der Waals surface area contributed by atoms with E-state index < -0.39 is 0 Å². The normalized spacial score (nSPS) is 9.95. The Morgan fingerprint density at radius 1 is 1.14 bits per heavy atom. The second-order valence-corrected chi connectivity index (χ2v) is 4.65. The van der Waals surface area contributed by atoms with Gasteiger partial charge in [-0.25, -0.2) is 0 Å². The lowest BCUT2D eigenvalue weighted by Gasteiger charge is -2.10. The summed E-state index contributed by atoms with van der Waals surface area (Å²) >= 11 is 0. The van der Waals surface area contributed by atoms with Crippen molar-refractivity contribution in [2.24, 2.45) is 0 Å². The molecular formula is C17H17NO3. The molecule has 0 radical (unpaired) electrons. The van der Waals surface area contributed by atoms with Crippen LogP contribution < -0.4 is 10.1 Å². The van der Waals surface area contributed by atoms with E-state index in [0.29, 0.717) is 24.1 Å². The van der Waals surface area contributed by atoms with Crippen LogP contribution in [0.3, 0.4) is 0 Å². The largest absolute Gasteiger partial charge is 0.483 e. The van der Waals surface area contributed by atoms with Gasteiger partial charge in [0.15, 0.2) is 12.9 Å². The minimum atomic E-state index is -0.223. The van der Waals surface area contributed by atoms with Crippen molar-refractivity contribution in [2.75, 3.05) is 6.61 Å². The molecule has 2 aromatic rings. The quantitative estimate of drug-likeness (QED) is 0.829. The summed E-state index contributed by atoms with van der Waals surface area (Å²) < 4.78 is 5.37. The Morgan fingerprint density at radius 3 is 2.62 bits per heavy atom. The van der Waals surface area contributed by atoms with Gasteiger partial charge in [-0.3, -0.25) is 9.59 Å². The minimum Gasteiger partial charge on any atom is -0.483 e. The van der Waals surface area contributed by atoms with Crippen LogP contribution in [0.15, 0.2) is 48.5 Å². The van der Waals surface area contributed by atoms with Crippen LogP contribution in [-0.4, -0.2) is 18.8 Å². The average molecular weight is 283 g/mol. The average Bonchev–Trinajstić information content (AvgIpc) is 2.52. The Morgan fingerprint density at radius 2 is 1.86 bits per heavy atom. The van der Waals surface area contributed by atoms with Crippen molar-refractivity contribution in [1.29, 1.82) is 0 Å². The third kappa shape index (κ3) is 4.18. The van der Waals surface area contributed by atoms with Gasteiger partial charge < -0.3 is 10.1 Å². The summed E-state index contributed by atoms with van der Waals surface area (Å²) in [4.78, 5) is 22.6. The first kappa shape index (κ1) is 14.8. The predicted molar refractivity (Wildman–Crippen MR) is 80.4 cm³/mol. The van der Waals surface area contributed by atoms with Gasteiger partial charge in [0.1, 0.15) is 5.75 Å². The molecule has 0 aliphatic heterocycles. The van der Waals surface area contributed by atoms with Crippen LogP contribution in [0, 0.1) is 6.92 Å². The Balaban J connectivity index is 1.85. The zero-order valence-corrected chi connectivity index (χ0v) is 11.8. The molecule has 4 nitrogen and oxygen atoms in total. The van der Waals surface area contributed by atoms with E-state index in [0.717, 1.165) is 11.1 Å². The summed E-state index contributed by atoms with van der Waals surface area (Å²) in [6, 6.07) is 14.7. The van der Waals surface area contributed by atoms with E-state index in [9.17, 15) is 9.59 Å². The first-order valence-corrected chi connectivity index (χ1v) is 6.69. The molecule has 2 aromatic carbocycles. The number of ether oxygens (including phenoxy) is 1. The van der Waals surface area contributed by atoms with Crippen LogP contribution in [0.4, 0.5) is 0 Å². The first-order valence-electron chi connectivity index (χ1n) is 6.69. The van der Waals surface area contributed by atoms with Gasteiger partial charge in [0, 0.05) is 6.54 Å². The Bertz CT molecular complexity index is 637. The molecule has 0 spiro atoms. The van der Waals surface area contributed by atoms with Gasteiger partial charge in [-0.2, -0.15) is 0 Å². The highest BCUT2D eigenvalue weighted by Crippen LogP contribution is 2.15. The molecule has 0 heterocycles. The molecule has 1 amide bonds. The third-order valence-electron chi connectivity index (χ3n) is 3.14. The zero-order valence-electron chi connectivity index (χ0n) is 11.8. The van der Waals surface area contributed by atoms with Gasteiger partial charge in [-0.1, -0.05) is 36.4 Å². The van der Waals surface area contributed by atoms with Gasteiger partial charge in [0.25, 0.3) is 5.91 Å². The topological polar surface area (TPSA) is 55.4 Å². The van der Waals surface area contributed by atoms with Crippen molar-refractivity contribution in [3.05, 3.63) is 65.2 Å². The van der Waals surface area contributed by atoms with E-state index in [-0.39, 0.29) is 12.5 Å².